The number of ether oxygens (including phenoxy) is 2. The third kappa shape index (κ3) is 4.96. The lowest BCUT2D eigenvalue weighted by atomic mass is 9.98. The zero-order valence-electron chi connectivity index (χ0n) is 19.4. The van der Waals surface area contributed by atoms with E-state index in [1.54, 1.807) is 38.7 Å². The Bertz CT molecular complexity index is 1340. The van der Waals surface area contributed by atoms with E-state index in [1.807, 2.05) is 43.3 Å². The Hall–Kier alpha value is -4.06. The van der Waals surface area contributed by atoms with Gasteiger partial charge in [-0.05, 0) is 48.7 Å². The van der Waals surface area contributed by atoms with Crippen molar-refractivity contribution in [2.45, 2.75) is 13.3 Å². The first-order valence-corrected chi connectivity index (χ1v) is 10.9. The Balaban J connectivity index is 1.58. The molecule has 0 aliphatic heterocycles. The van der Waals surface area contributed by atoms with Crippen molar-refractivity contribution in [1.29, 1.82) is 0 Å². The van der Waals surface area contributed by atoms with Gasteiger partial charge in [0.2, 0.25) is 5.91 Å². The van der Waals surface area contributed by atoms with Crippen molar-refractivity contribution in [3.8, 4) is 22.6 Å². The lowest BCUT2D eigenvalue weighted by Crippen LogP contribution is -2.23. The number of hydrogen-bond acceptors (Lipinski definition) is 4. The van der Waals surface area contributed by atoms with E-state index in [1.165, 1.54) is 12.1 Å². The minimum Gasteiger partial charge on any atom is -0.496 e. The summed E-state index contributed by atoms with van der Waals surface area (Å²) in [6, 6.07) is 17.8. The first kappa shape index (κ1) is 23.1. The molecular formula is C28H26FNO4. The molecule has 5 nitrogen and oxygen atoms in total. The van der Waals surface area contributed by atoms with Gasteiger partial charge in [0.1, 0.15) is 22.9 Å². The summed E-state index contributed by atoms with van der Waals surface area (Å²) in [4.78, 5) is 12.5. The van der Waals surface area contributed by atoms with Crippen molar-refractivity contribution in [3.05, 3.63) is 89.9 Å². The number of fused-ring (bicyclic) bond motifs is 1. The fourth-order valence-corrected chi connectivity index (χ4v) is 3.91. The third-order valence-corrected chi connectivity index (χ3v) is 5.69. The van der Waals surface area contributed by atoms with Crippen molar-refractivity contribution in [2.24, 2.45) is 0 Å². The van der Waals surface area contributed by atoms with Crippen molar-refractivity contribution in [1.82, 2.24) is 5.32 Å². The standard InChI is InChI=1S/C28H26FNO4/c1-18(14-28(31)30-13-12-19-8-10-20(29)11-9-19)22-15-23-24(17-34-27(23)16-26(22)33-3)21-6-4-5-7-25(21)32-2/h4-11,14-17H,12-13H2,1-3H3,(H,30,31)/b18-14+. The van der Waals surface area contributed by atoms with Gasteiger partial charge < -0.3 is 19.2 Å². The lowest BCUT2D eigenvalue weighted by molar-refractivity contribution is -0.116. The summed E-state index contributed by atoms with van der Waals surface area (Å²) >= 11 is 0. The zero-order valence-corrected chi connectivity index (χ0v) is 19.4. The normalized spacial score (nSPS) is 11.5. The van der Waals surface area contributed by atoms with Gasteiger partial charge in [-0.3, -0.25) is 4.79 Å². The van der Waals surface area contributed by atoms with Crippen LogP contribution in [0.15, 0.2) is 77.4 Å². The average molecular weight is 460 g/mol. The van der Waals surface area contributed by atoms with Crippen molar-refractivity contribution in [3.63, 3.8) is 0 Å². The maximum atomic E-state index is 13.0. The molecule has 174 valence electrons. The van der Waals surface area contributed by atoms with E-state index in [4.69, 9.17) is 13.9 Å². The van der Waals surface area contributed by atoms with Gasteiger partial charge >= 0.3 is 0 Å². The number of hydrogen-bond donors (Lipinski definition) is 1. The zero-order chi connectivity index (χ0) is 24.1. The summed E-state index contributed by atoms with van der Waals surface area (Å²) in [6.07, 6.45) is 3.87. The van der Waals surface area contributed by atoms with Crippen molar-refractivity contribution in [2.75, 3.05) is 20.8 Å². The monoisotopic (exact) mass is 459 g/mol. The molecule has 1 amide bonds. The molecule has 0 unspecified atom stereocenters. The minimum atomic E-state index is -0.274. The number of benzene rings is 3. The Labute approximate surface area is 197 Å². The molecule has 3 aromatic carbocycles. The number of para-hydroxylation sites is 1. The molecule has 0 saturated carbocycles. The number of allylic oxidation sites excluding steroid dienone is 1. The van der Waals surface area contributed by atoms with Gasteiger partial charge in [0.05, 0.1) is 20.5 Å². The first-order valence-electron chi connectivity index (χ1n) is 10.9. The van der Waals surface area contributed by atoms with Crippen molar-refractivity contribution >= 4 is 22.4 Å². The van der Waals surface area contributed by atoms with Crippen LogP contribution in [0.2, 0.25) is 0 Å². The summed E-state index contributed by atoms with van der Waals surface area (Å²) in [5.41, 5.74) is 5.00. The number of nitrogens with one attached hydrogen (secondary N) is 1. The molecule has 1 aromatic heterocycles. The van der Waals surface area contributed by atoms with E-state index in [9.17, 15) is 9.18 Å². The fraction of sp³-hybridized carbons (Fsp3) is 0.179. The van der Waals surface area contributed by atoms with Crippen LogP contribution in [0.3, 0.4) is 0 Å². The lowest BCUT2D eigenvalue weighted by Gasteiger charge is -2.11. The molecule has 0 aliphatic carbocycles. The largest absolute Gasteiger partial charge is 0.496 e. The second kappa shape index (κ2) is 10.3. The molecule has 1 N–H and O–H groups in total. The highest BCUT2D eigenvalue weighted by Gasteiger charge is 2.17. The second-order valence-electron chi connectivity index (χ2n) is 7.89. The molecule has 0 radical (unpaired) electrons. The van der Waals surface area contributed by atoms with E-state index in [-0.39, 0.29) is 11.7 Å². The Morgan fingerprint density at radius 1 is 1.00 bits per heavy atom. The number of halogens is 1. The van der Waals surface area contributed by atoms with Crippen LogP contribution >= 0.6 is 0 Å². The number of rotatable bonds is 8. The van der Waals surface area contributed by atoms with Crippen LogP contribution in [0.25, 0.3) is 27.7 Å². The van der Waals surface area contributed by atoms with Gasteiger partial charge in [-0.15, -0.1) is 0 Å². The quantitative estimate of drug-likeness (QED) is 0.328. The number of methoxy groups -OCH3 is 2. The predicted molar refractivity (Wildman–Crippen MR) is 132 cm³/mol. The van der Waals surface area contributed by atoms with Gasteiger partial charge in [-0.1, -0.05) is 30.3 Å². The Kier molecular flexibility index (Phi) is 6.97. The number of furan rings is 1. The highest BCUT2D eigenvalue weighted by molar-refractivity contribution is 6.01. The molecule has 0 bridgehead atoms. The van der Waals surface area contributed by atoms with Crippen LogP contribution in [-0.4, -0.2) is 26.7 Å². The van der Waals surface area contributed by atoms with E-state index < -0.39 is 0 Å². The van der Waals surface area contributed by atoms with Gasteiger partial charge in [-0.2, -0.15) is 0 Å². The molecule has 0 fully saturated rings. The summed E-state index contributed by atoms with van der Waals surface area (Å²) in [5.74, 6) is 0.874. The number of amides is 1. The molecule has 1 heterocycles. The molecular weight excluding hydrogens is 433 g/mol. The highest BCUT2D eigenvalue weighted by atomic mass is 19.1. The number of carbonyl (C=O) groups excluding carboxylic acids is 1. The van der Waals surface area contributed by atoms with Crippen LogP contribution in [-0.2, 0) is 11.2 Å². The van der Waals surface area contributed by atoms with Crippen molar-refractivity contribution < 1.29 is 23.1 Å². The predicted octanol–water partition coefficient (Wildman–Crippen LogP) is 6.02. The van der Waals surface area contributed by atoms with Gasteiger partial charge in [0, 0.05) is 40.8 Å². The van der Waals surface area contributed by atoms with Gasteiger partial charge in [-0.25, -0.2) is 4.39 Å². The number of carbonyl (C=O) groups is 1. The fourth-order valence-electron chi connectivity index (χ4n) is 3.91. The maximum absolute atomic E-state index is 13.0. The summed E-state index contributed by atoms with van der Waals surface area (Å²) in [6.45, 7) is 2.32. The molecule has 4 rings (SSSR count). The first-order chi connectivity index (χ1) is 16.5. The molecule has 0 saturated heterocycles. The highest BCUT2D eigenvalue weighted by Crippen LogP contribution is 2.40. The maximum Gasteiger partial charge on any atom is 0.244 e. The minimum absolute atomic E-state index is 0.209. The van der Waals surface area contributed by atoms with Crippen LogP contribution in [0, 0.1) is 5.82 Å². The third-order valence-electron chi connectivity index (χ3n) is 5.69. The van der Waals surface area contributed by atoms with Gasteiger partial charge in [0.25, 0.3) is 0 Å². The Morgan fingerprint density at radius 3 is 2.47 bits per heavy atom. The van der Waals surface area contributed by atoms with Crippen LogP contribution in [0.5, 0.6) is 11.5 Å². The van der Waals surface area contributed by atoms with E-state index >= 15 is 0 Å². The topological polar surface area (TPSA) is 60.7 Å². The molecule has 0 atom stereocenters. The SMILES string of the molecule is COc1cc2occ(-c3ccccc3OC)c2cc1/C(C)=C/C(=O)NCCc1ccc(F)cc1. The van der Waals surface area contributed by atoms with E-state index in [0.29, 0.717) is 24.3 Å². The summed E-state index contributed by atoms with van der Waals surface area (Å²) < 4.78 is 29.9. The van der Waals surface area contributed by atoms with Crippen LogP contribution < -0.4 is 14.8 Å². The second-order valence-corrected chi connectivity index (χ2v) is 7.89. The molecule has 0 aliphatic rings. The molecule has 0 spiro atoms. The van der Waals surface area contributed by atoms with E-state index in [2.05, 4.69) is 5.32 Å². The van der Waals surface area contributed by atoms with Crippen LogP contribution in [0.4, 0.5) is 4.39 Å². The van der Waals surface area contributed by atoms with E-state index in [0.717, 1.165) is 39.0 Å². The smallest absolute Gasteiger partial charge is 0.244 e. The molecule has 34 heavy (non-hydrogen) atoms. The average Bonchev–Trinajstić information content (AvgIpc) is 3.27. The Morgan fingerprint density at radius 2 is 1.74 bits per heavy atom. The summed E-state index contributed by atoms with van der Waals surface area (Å²) in [5, 5.41) is 3.78. The van der Waals surface area contributed by atoms with Gasteiger partial charge in [0.15, 0.2) is 0 Å². The van der Waals surface area contributed by atoms with Crippen LogP contribution in [0.1, 0.15) is 18.1 Å². The molecule has 6 heteroatoms. The summed E-state index contributed by atoms with van der Waals surface area (Å²) in [7, 11) is 3.22. The molecule has 4 aromatic rings.